The molecule has 2 aromatic carbocycles. The van der Waals surface area contributed by atoms with Crippen LogP contribution in [0.5, 0.6) is 5.75 Å². The van der Waals surface area contributed by atoms with E-state index in [4.69, 9.17) is 22.1 Å². The van der Waals surface area contributed by atoms with Gasteiger partial charge in [0.25, 0.3) is 0 Å². The molecule has 0 atom stereocenters. The third-order valence-corrected chi connectivity index (χ3v) is 2.89. The molecule has 0 saturated heterocycles. The SMILES string of the molecule is CCOc1cc(Nc2ccc(F)c(Cl)c2)c(N)cc1F. The quantitative estimate of drug-likeness (QED) is 0.825. The van der Waals surface area contributed by atoms with Crippen LogP contribution in [-0.4, -0.2) is 6.61 Å². The first-order valence-electron chi connectivity index (χ1n) is 5.95. The Balaban J connectivity index is 2.32. The molecule has 0 fully saturated rings. The monoisotopic (exact) mass is 298 g/mol. The minimum Gasteiger partial charge on any atom is -0.491 e. The molecule has 0 spiro atoms. The van der Waals surface area contributed by atoms with Crippen molar-refractivity contribution in [3.63, 3.8) is 0 Å². The van der Waals surface area contributed by atoms with Gasteiger partial charge in [-0.25, -0.2) is 8.78 Å². The molecule has 0 aliphatic carbocycles. The van der Waals surface area contributed by atoms with Gasteiger partial charge in [0.05, 0.1) is 23.0 Å². The number of nitrogens with one attached hydrogen (secondary N) is 1. The number of hydrogen-bond acceptors (Lipinski definition) is 3. The van der Waals surface area contributed by atoms with Gasteiger partial charge in [-0.05, 0) is 25.1 Å². The second-order valence-corrected chi connectivity index (χ2v) is 4.46. The summed E-state index contributed by atoms with van der Waals surface area (Å²) >= 11 is 5.70. The van der Waals surface area contributed by atoms with Gasteiger partial charge in [-0.15, -0.1) is 0 Å². The molecule has 3 nitrogen and oxygen atoms in total. The van der Waals surface area contributed by atoms with Crippen LogP contribution in [0.1, 0.15) is 6.92 Å². The van der Waals surface area contributed by atoms with Crippen molar-refractivity contribution in [2.75, 3.05) is 17.7 Å². The zero-order chi connectivity index (χ0) is 14.7. The normalized spacial score (nSPS) is 10.4. The van der Waals surface area contributed by atoms with Crippen LogP contribution in [0.4, 0.5) is 25.8 Å². The maximum Gasteiger partial charge on any atom is 0.167 e. The summed E-state index contributed by atoms with van der Waals surface area (Å²) in [6, 6.07) is 6.77. The molecule has 0 saturated carbocycles. The number of ether oxygens (including phenoxy) is 1. The molecule has 2 aromatic rings. The Morgan fingerprint density at radius 3 is 2.60 bits per heavy atom. The van der Waals surface area contributed by atoms with Gasteiger partial charge in [-0.3, -0.25) is 0 Å². The summed E-state index contributed by atoms with van der Waals surface area (Å²) in [5.41, 5.74) is 6.95. The van der Waals surface area contributed by atoms with E-state index in [9.17, 15) is 8.78 Å². The van der Waals surface area contributed by atoms with Crippen LogP contribution >= 0.6 is 11.6 Å². The fourth-order valence-corrected chi connectivity index (χ4v) is 1.85. The first kappa shape index (κ1) is 14.4. The lowest BCUT2D eigenvalue weighted by molar-refractivity contribution is 0.322. The molecule has 0 aliphatic heterocycles. The van der Waals surface area contributed by atoms with E-state index >= 15 is 0 Å². The van der Waals surface area contributed by atoms with Gasteiger partial charge < -0.3 is 15.8 Å². The van der Waals surface area contributed by atoms with Crippen molar-refractivity contribution in [3.05, 3.63) is 47.0 Å². The average molecular weight is 299 g/mol. The van der Waals surface area contributed by atoms with Gasteiger partial charge >= 0.3 is 0 Å². The van der Waals surface area contributed by atoms with E-state index < -0.39 is 11.6 Å². The highest BCUT2D eigenvalue weighted by atomic mass is 35.5. The van der Waals surface area contributed by atoms with Crippen LogP contribution in [-0.2, 0) is 0 Å². The predicted molar refractivity (Wildman–Crippen MR) is 76.7 cm³/mol. The molecular weight excluding hydrogens is 286 g/mol. The Kier molecular flexibility index (Phi) is 4.29. The molecule has 0 aromatic heterocycles. The van der Waals surface area contributed by atoms with Gasteiger partial charge in [0, 0.05) is 17.8 Å². The van der Waals surface area contributed by atoms with E-state index in [1.807, 2.05) is 0 Å². The number of halogens is 3. The number of nitrogens with two attached hydrogens (primary N) is 1. The minimum absolute atomic E-state index is 0.0132. The van der Waals surface area contributed by atoms with E-state index in [-0.39, 0.29) is 16.5 Å². The van der Waals surface area contributed by atoms with Crippen molar-refractivity contribution in [2.45, 2.75) is 6.92 Å². The van der Waals surface area contributed by atoms with E-state index in [0.29, 0.717) is 18.0 Å². The second-order valence-electron chi connectivity index (χ2n) is 4.06. The molecule has 106 valence electrons. The summed E-state index contributed by atoms with van der Waals surface area (Å²) in [7, 11) is 0. The van der Waals surface area contributed by atoms with E-state index in [1.165, 1.54) is 30.3 Å². The molecule has 3 N–H and O–H groups in total. The Bertz CT molecular complexity index is 635. The highest BCUT2D eigenvalue weighted by Crippen LogP contribution is 2.31. The molecular formula is C14H13ClF2N2O. The van der Waals surface area contributed by atoms with Gasteiger partial charge in [0.1, 0.15) is 5.82 Å². The lowest BCUT2D eigenvalue weighted by Gasteiger charge is -2.13. The standard InChI is InChI=1S/C14H13ClF2N2O/c1-2-20-14-7-13(12(18)6-11(14)17)19-8-3-4-10(16)9(15)5-8/h3-7,19H,2,18H2,1H3. The molecule has 6 heteroatoms. The lowest BCUT2D eigenvalue weighted by Crippen LogP contribution is -2.01. The third-order valence-electron chi connectivity index (χ3n) is 2.60. The summed E-state index contributed by atoms with van der Waals surface area (Å²) in [4.78, 5) is 0. The molecule has 0 bridgehead atoms. The Morgan fingerprint density at radius 1 is 1.20 bits per heavy atom. The summed E-state index contributed by atoms with van der Waals surface area (Å²) in [6.45, 7) is 2.09. The van der Waals surface area contributed by atoms with Crippen LogP contribution in [0.2, 0.25) is 5.02 Å². The fraction of sp³-hybridized carbons (Fsp3) is 0.143. The Hall–Kier alpha value is -2.01. The summed E-state index contributed by atoms with van der Waals surface area (Å²) in [5, 5.41) is 2.93. The van der Waals surface area contributed by atoms with Gasteiger partial charge in [0.15, 0.2) is 11.6 Å². The van der Waals surface area contributed by atoms with E-state index in [1.54, 1.807) is 6.92 Å². The molecule has 20 heavy (non-hydrogen) atoms. The van der Waals surface area contributed by atoms with Crippen molar-refractivity contribution in [1.29, 1.82) is 0 Å². The van der Waals surface area contributed by atoms with Crippen LogP contribution in [0.3, 0.4) is 0 Å². The number of nitrogen functional groups attached to an aromatic ring is 1. The van der Waals surface area contributed by atoms with Gasteiger partial charge in [0.2, 0.25) is 0 Å². The zero-order valence-corrected chi connectivity index (χ0v) is 11.5. The maximum absolute atomic E-state index is 13.6. The molecule has 2 rings (SSSR count). The average Bonchev–Trinajstić information content (AvgIpc) is 2.39. The first-order chi connectivity index (χ1) is 9.51. The number of anilines is 3. The van der Waals surface area contributed by atoms with E-state index in [2.05, 4.69) is 5.32 Å². The second kappa shape index (κ2) is 5.96. The highest BCUT2D eigenvalue weighted by Gasteiger charge is 2.10. The third kappa shape index (κ3) is 3.11. The number of benzene rings is 2. The van der Waals surface area contributed by atoms with Crippen LogP contribution in [0, 0.1) is 11.6 Å². The topological polar surface area (TPSA) is 47.3 Å². The van der Waals surface area contributed by atoms with E-state index in [0.717, 1.165) is 0 Å². The molecule has 0 aliphatic rings. The van der Waals surface area contributed by atoms with Crippen LogP contribution in [0.15, 0.2) is 30.3 Å². The van der Waals surface area contributed by atoms with Crippen LogP contribution < -0.4 is 15.8 Å². The van der Waals surface area contributed by atoms with Gasteiger partial charge in [-0.1, -0.05) is 11.6 Å². The number of rotatable bonds is 4. The highest BCUT2D eigenvalue weighted by molar-refractivity contribution is 6.31. The summed E-state index contributed by atoms with van der Waals surface area (Å²) < 4.78 is 31.8. The first-order valence-corrected chi connectivity index (χ1v) is 6.33. The minimum atomic E-state index is -0.535. The molecule has 0 radical (unpaired) electrons. The van der Waals surface area contributed by atoms with Crippen LogP contribution in [0.25, 0.3) is 0 Å². The largest absolute Gasteiger partial charge is 0.491 e. The van der Waals surface area contributed by atoms with Crippen molar-refractivity contribution in [1.82, 2.24) is 0 Å². The molecule has 0 unspecified atom stereocenters. The van der Waals surface area contributed by atoms with Crippen molar-refractivity contribution in [3.8, 4) is 5.75 Å². The Labute approximate surface area is 120 Å². The van der Waals surface area contributed by atoms with Crippen molar-refractivity contribution >= 4 is 28.7 Å². The number of hydrogen-bond donors (Lipinski definition) is 2. The predicted octanol–water partition coefficient (Wildman–Crippen LogP) is 4.34. The van der Waals surface area contributed by atoms with Crippen molar-refractivity contribution < 1.29 is 13.5 Å². The molecule has 0 heterocycles. The molecule has 0 amide bonds. The van der Waals surface area contributed by atoms with Gasteiger partial charge in [-0.2, -0.15) is 0 Å². The summed E-state index contributed by atoms with van der Waals surface area (Å²) in [6.07, 6.45) is 0. The lowest BCUT2D eigenvalue weighted by atomic mass is 10.2. The van der Waals surface area contributed by atoms with Crippen molar-refractivity contribution in [2.24, 2.45) is 0 Å². The maximum atomic E-state index is 13.6. The summed E-state index contributed by atoms with van der Waals surface area (Å²) in [5.74, 6) is -0.955. The zero-order valence-electron chi connectivity index (χ0n) is 10.7. The smallest absolute Gasteiger partial charge is 0.167 e. The Morgan fingerprint density at radius 2 is 1.95 bits per heavy atom. The fourth-order valence-electron chi connectivity index (χ4n) is 1.67.